The SMILES string of the molecule is CCS(=O)(=O)c1cc(NC(=O)c2cc3cc(Cl)ccc3[nH]2)c(O)c(NC(=O)C2CCC(=O)O2)c1. The van der Waals surface area contributed by atoms with E-state index in [2.05, 4.69) is 15.6 Å². The van der Waals surface area contributed by atoms with Gasteiger partial charge in [-0.1, -0.05) is 18.5 Å². The van der Waals surface area contributed by atoms with Gasteiger partial charge >= 0.3 is 5.97 Å². The molecule has 12 heteroatoms. The molecule has 4 N–H and O–H groups in total. The van der Waals surface area contributed by atoms with Gasteiger partial charge in [0, 0.05) is 28.8 Å². The van der Waals surface area contributed by atoms with E-state index < -0.39 is 39.5 Å². The number of aromatic amines is 1. The molecule has 4 rings (SSSR count). The molecule has 1 saturated heterocycles. The maximum Gasteiger partial charge on any atom is 0.306 e. The number of aromatic hydroxyl groups is 1. The lowest BCUT2D eigenvalue weighted by molar-refractivity contribution is -0.146. The molecular weight excluding hydrogens is 486 g/mol. The lowest BCUT2D eigenvalue weighted by Gasteiger charge is -2.16. The van der Waals surface area contributed by atoms with Crippen molar-refractivity contribution in [2.24, 2.45) is 0 Å². The summed E-state index contributed by atoms with van der Waals surface area (Å²) in [6.07, 6.45) is -0.827. The average Bonchev–Trinajstić information content (AvgIpc) is 3.42. The first-order valence-corrected chi connectivity index (χ1v) is 12.3. The zero-order valence-corrected chi connectivity index (χ0v) is 19.4. The number of esters is 1. The van der Waals surface area contributed by atoms with Crippen LogP contribution in [-0.2, 0) is 24.2 Å². The Kier molecular flexibility index (Phi) is 6.24. The van der Waals surface area contributed by atoms with Gasteiger partial charge in [-0.2, -0.15) is 0 Å². The van der Waals surface area contributed by atoms with Gasteiger partial charge in [-0.25, -0.2) is 8.42 Å². The highest BCUT2D eigenvalue weighted by atomic mass is 35.5. The third-order valence-electron chi connectivity index (χ3n) is 5.33. The summed E-state index contributed by atoms with van der Waals surface area (Å²) in [4.78, 5) is 39.3. The third kappa shape index (κ3) is 4.70. The Morgan fingerprint density at radius 2 is 1.88 bits per heavy atom. The van der Waals surface area contributed by atoms with E-state index in [-0.39, 0.29) is 40.6 Å². The molecule has 1 atom stereocenters. The van der Waals surface area contributed by atoms with E-state index in [1.165, 1.54) is 6.92 Å². The first-order chi connectivity index (χ1) is 16.1. The first-order valence-electron chi connectivity index (χ1n) is 10.3. The van der Waals surface area contributed by atoms with Crippen molar-refractivity contribution in [2.75, 3.05) is 16.4 Å². The summed E-state index contributed by atoms with van der Waals surface area (Å²) >= 11 is 5.98. The van der Waals surface area contributed by atoms with E-state index in [4.69, 9.17) is 16.3 Å². The van der Waals surface area contributed by atoms with E-state index >= 15 is 0 Å². The summed E-state index contributed by atoms with van der Waals surface area (Å²) in [5, 5.41) is 16.7. The summed E-state index contributed by atoms with van der Waals surface area (Å²) in [5.74, 6) is -2.71. The van der Waals surface area contributed by atoms with Gasteiger partial charge in [0.2, 0.25) is 0 Å². The number of phenolic OH excluding ortho intramolecular Hbond substituents is 1. The highest BCUT2D eigenvalue weighted by Crippen LogP contribution is 2.36. The molecule has 0 spiro atoms. The number of fused-ring (bicyclic) bond motifs is 1. The van der Waals surface area contributed by atoms with Crippen LogP contribution in [0.25, 0.3) is 10.9 Å². The number of carbonyl (C=O) groups is 3. The molecule has 1 unspecified atom stereocenters. The van der Waals surface area contributed by atoms with Crippen LogP contribution in [0.4, 0.5) is 11.4 Å². The third-order valence-corrected chi connectivity index (χ3v) is 7.28. The Bertz CT molecular complexity index is 1430. The van der Waals surface area contributed by atoms with E-state index in [0.29, 0.717) is 15.9 Å². The fourth-order valence-corrected chi connectivity index (χ4v) is 4.59. The van der Waals surface area contributed by atoms with Gasteiger partial charge in [-0.15, -0.1) is 0 Å². The number of nitrogens with one attached hydrogen (secondary N) is 3. The van der Waals surface area contributed by atoms with Crippen molar-refractivity contribution >= 4 is 61.5 Å². The number of halogens is 1. The van der Waals surface area contributed by atoms with Crippen molar-refractivity contribution in [3.63, 3.8) is 0 Å². The van der Waals surface area contributed by atoms with Gasteiger partial charge < -0.3 is 25.5 Å². The van der Waals surface area contributed by atoms with Crippen molar-refractivity contribution in [3.05, 3.63) is 47.1 Å². The Balaban J connectivity index is 1.68. The van der Waals surface area contributed by atoms with Crippen LogP contribution < -0.4 is 10.6 Å². The predicted molar refractivity (Wildman–Crippen MR) is 125 cm³/mol. The molecule has 1 aliphatic rings. The predicted octanol–water partition coefficient (Wildman–Crippen LogP) is 3.22. The van der Waals surface area contributed by atoms with Crippen molar-refractivity contribution in [2.45, 2.75) is 30.8 Å². The molecule has 2 heterocycles. The zero-order valence-electron chi connectivity index (χ0n) is 17.8. The molecule has 3 aromatic rings. The van der Waals surface area contributed by atoms with Crippen molar-refractivity contribution < 1.29 is 32.6 Å². The fraction of sp³-hybridized carbons (Fsp3) is 0.227. The van der Waals surface area contributed by atoms with Crippen LogP contribution in [0, 0.1) is 0 Å². The minimum atomic E-state index is -3.77. The van der Waals surface area contributed by atoms with E-state index in [9.17, 15) is 27.9 Å². The largest absolute Gasteiger partial charge is 0.504 e. The normalized spacial score (nSPS) is 15.8. The number of anilines is 2. The topological polar surface area (TPSA) is 155 Å². The molecule has 2 aromatic carbocycles. The lowest BCUT2D eigenvalue weighted by Crippen LogP contribution is -2.27. The monoisotopic (exact) mass is 505 g/mol. The molecule has 0 saturated carbocycles. The molecule has 34 heavy (non-hydrogen) atoms. The van der Waals surface area contributed by atoms with Gasteiger partial charge in [-0.3, -0.25) is 14.4 Å². The van der Waals surface area contributed by atoms with E-state index in [1.807, 2.05) is 0 Å². The zero-order chi connectivity index (χ0) is 24.6. The highest BCUT2D eigenvalue weighted by Gasteiger charge is 2.31. The van der Waals surface area contributed by atoms with Crippen LogP contribution in [0.1, 0.15) is 30.3 Å². The number of phenols is 1. The van der Waals surface area contributed by atoms with Crippen molar-refractivity contribution in [1.82, 2.24) is 4.98 Å². The Hall–Kier alpha value is -3.57. The van der Waals surface area contributed by atoms with Gasteiger partial charge in [0.25, 0.3) is 11.8 Å². The number of H-pyrrole nitrogens is 1. The number of hydrogen-bond acceptors (Lipinski definition) is 7. The number of sulfone groups is 1. The number of ether oxygens (including phenoxy) is 1. The summed E-state index contributed by atoms with van der Waals surface area (Å²) in [6, 6.07) is 8.77. The molecular formula is C22H20ClN3O7S. The first kappa shape index (κ1) is 23.6. The second-order valence-corrected chi connectivity index (χ2v) is 10.4. The van der Waals surface area contributed by atoms with Gasteiger partial charge in [-0.05, 0) is 36.4 Å². The van der Waals surface area contributed by atoms with Crippen LogP contribution in [0.2, 0.25) is 5.02 Å². The van der Waals surface area contributed by atoms with Gasteiger partial charge in [0.05, 0.1) is 22.0 Å². The number of rotatable bonds is 6. The molecule has 1 aromatic heterocycles. The highest BCUT2D eigenvalue weighted by molar-refractivity contribution is 7.91. The van der Waals surface area contributed by atoms with Crippen LogP contribution in [0.3, 0.4) is 0 Å². The molecule has 1 aliphatic heterocycles. The standard InChI is InChI=1S/C22H20ClN3O7S/c1-2-34(31,32)13-9-15(20(28)16(10-13)26-22(30)18-5-6-19(27)33-18)25-21(29)17-8-11-7-12(23)3-4-14(11)24-17/h3-4,7-10,18,24,28H,2,5-6H2,1H3,(H,25,29)(H,26,30). The van der Waals surface area contributed by atoms with Crippen LogP contribution in [0.5, 0.6) is 5.75 Å². The van der Waals surface area contributed by atoms with Crippen LogP contribution in [0.15, 0.2) is 41.3 Å². The van der Waals surface area contributed by atoms with E-state index in [0.717, 1.165) is 12.1 Å². The van der Waals surface area contributed by atoms with Crippen molar-refractivity contribution in [1.29, 1.82) is 0 Å². The Morgan fingerprint density at radius 3 is 2.53 bits per heavy atom. The number of aromatic nitrogens is 1. The molecule has 2 amide bonds. The van der Waals surface area contributed by atoms with Crippen LogP contribution >= 0.6 is 11.6 Å². The average molecular weight is 506 g/mol. The molecule has 10 nitrogen and oxygen atoms in total. The molecule has 1 fully saturated rings. The second kappa shape index (κ2) is 8.99. The number of cyclic esters (lactones) is 1. The Labute approximate surface area is 199 Å². The molecule has 0 bridgehead atoms. The summed E-state index contributed by atoms with van der Waals surface area (Å²) < 4.78 is 29.9. The van der Waals surface area contributed by atoms with E-state index in [1.54, 1.807) is 24.3 Å². The number of hydrogen-bond donors (Lipinski definition) is 4. The molecule has 0 aliphatic carbocycles. The fourth-order valence-electron chi connectivity index (χ4n) is 3.48. The number of amides is 2. The smallest absolute Gasteiger partial charge is 0.306 e. The van der Waals surface area contributed by atoms with Gasteiger partial charge in [0.1, 0.15) is 5.69 Å². The second-order valence-electron chi connectivity index (χ2n) is 7.65. The van der Waals surface area contributed by atoms with Crippen molar-refractivity contribution in [3.8, 4) is 5.75 Å². The maximum absolute atomic E-state index is 12.8. The minimum absolute atomic E-state index is 0.0747. The maximum atomic E-state index is 12.8. The number of carbonyl (C=O) groups excluding carboxylic acids is 3. The molecule has 0 radical (unpaired) electrons. The summed E-state index contributed by atoms with van der Waals surface area (Å²) in [7, 11) is -3.77. The number of benzene rings is 2. The lowest BCUT2D eigenvalue weighted by atomic mass is 10.2. The van der Waals surface area contributed by atoms with Crippen LogP contribution in [-0.4, -0.2) is 48.1 Å². The summed E-state index contributed by atoms with van der Waals surface area (Å²) in [5.41, 5.74) is 0.320. The summed E-state index contributed by atoms with van der Waals surface area (Å²) in [6.45, 7) is 1.44. The Morgan fingerprint density at radius 1 is 1.18 bits per heavy atom. The minimum Gasteiger partial charge on any atom is -0.504 e. The van der Waals surface area contributed by atoms with Gasteiger partial charge in [0.15, 0.2) is 21.7 Å². The molecule has 178 valence electrons. The quantitative estimate of drug-likeness (QED) is 0.296.